The van der Waals surface area contributed by atoms with Gasteiger partial charge in [-0.05, 0) is 37.1 Å². The Morgan fingerprint density at radius 1 is 0.767 bits per heavy atom. The van der Waals surface area contributed by atoms with E-state index >= 15 is 0 Å². The van der Waals surface area contributed by atoms with Crippen molar-refractivity contribution in [2.45, 2.75) is 26.2 Å². The molecule has 4 heteroatoms. The average molecular weight is 401 g/mol. The van der Waals surface area contributed by atoms with Gasteiger partial charge in [0, 0.05) is 25.4 Å². The lowest BCUT2D eigenvalue weighted by Crippen LogP contribution is -2.31. The van der Waals surface area contributed by atoms with Gasteiger partial charge in [0.25, 0.3) is 5.91 Å². The Morgan fingerprint density at radius 2 is 1.27 bits per heavy atom. The number of nitrogens with one attached hydrogen (secondary N) is 1. The van der Waals surface area contributed by atoms with Crippen LogP contribution < -0.4 is 5.32 Å². The molecule has 154 valence electrons. The van der Waals surface area contributed by atoms with Crippen LogP contribution in [0, 0.1) is 0 Å². The van der Waals surface area contributed by atoms with Crippen LogP contribution in [0.3, 0.4) is 0 Å². The summed E-state index contributed by atoms with van der Waals surface area (Å²) in [6.45, 7) is 5.16. The summed E-state index contributed by atoms with van der Waals surface area (Å²) in [6, 6.07) is 27.3. The summed E-state index contributed by atoms with van der Waals surface area (Å²) in [5, 5.41) is 2.98. The van der Waals surface area contributed by atoms with E-state index in [1.54, 1.807) is 17.0 Å². The Bertz CT molecular complexity index is 927. The third kappa shape index (κ3) is 5.15. The molecule has 0 saturated heterocycles. The maximum atomic E-state index is 13.0. The number of hydrogen-bond donors (Lipinski definition) is 1. The van der Waals surface area contributed by atoms with E-state index in [9.17, 15) is 9.59 Å². The molecule has 30 heavy (non-hydrogen) atoms. The van der Waals surface area contributed by atoms with Crippen LogP contribution in [0.2, 0.25) is 0 Å². The minimum absolute atomic E-state index is 0.0574. The van der Waals surface area contributed by atoms with E-state index < -0.39 is 0 Å². The second-order valence-electron chi connectivity index (χ2n) is 7.15. The van der Waals surface area contributed by atoms with E-state index in [0.29, 0.717) is 30.8 Å². The monoisotopic (exact) mass is 400 g/mol. The lowest BCUT2D eigenvalue weighted by Gasteiger charge is -2.21. The molecule has 0 spiro atoms. The molecular weight excluding hydrogens is 372 g/mol. The van der Waals surface area contributed by atoms with Crippen molar-refractivity contribution in [1.29, 1.82) is 0 Å². The molecule has 3 aromatic carbocycles. The van der Waals surface area contributed by atoms with Crippen molar-refractivity contribution in [3.63, 3.8) is 0 Å². The largest absolute Gasteiger partial charge is 0.339 e. The number of benzene rings is 3. The number of carbonyl (C=O) groups excluding carboxylic acids is 2. The first-order valence-corrected chi connectivity index (χ1v) is 10.4. The molecule has 0 unspecified atom stereocenters. The summed E-state index contributed by atoms with van der Waals surface area (Å²) in [6.07, 6.45) is 0.293. The van der Waals surface area contributed by atoms with Crippen molar-refractivity contribution < 1.29 is 9.59 Å². The normalized spacial score (nSPS) is 10.6. The molecule has 0 atom stereocenters. The van der Waals surface area contributed by atoms with Crippen molar-refractivity contribution in [1.82, 2.24) is 4.90 Å². The SMILES string of the molecule is CCN(CC)C(=O)c1ccccc1NC(=O)CC(c1ccccc1)c1ccccc1. The number of anilines is 1. The minimum atomic E-state index is -0.118. The number of amides is 2. The summed E-state index contributed by atoms with van der Waals surface area (Å²) in [4.78, 5) is 27.6. The zero-order valence-corrected chi connectivity index (χ0v) is 17.5. The summed E-state index contributed by atoms with van der Waals surface area (Å²) in [7, 11) is 0. The van der Waals surface area contributed by atoms with Gasteiger partial charge in [-0.15, -0.1) is 0 Å². The minimum Gasteiger partial charge on any atom is -0.339 e. The predicted molar refractivity (Wildman–Crippen MR) is 122 cm³/mol. The predicted octanol–water partition coefficient (Wildman–Crippen LogP) is 5.33. The fraction of sp³-hybridized carbons (Fsp3) is 0.231. The second kappa shape index (κ2) is 10.4. The molecule has 0 heterocycles. The maximum Gasteiger partial charge on any atom is 0.255 e. The van der Waals surface area contributed by atoms with Crippen molar-refractivity contribution in [3.8, 4) is 0 Å². The summed E-state index contributed by atoms with van der Waals surface area (Å²) >= 11 is 0. The first-order valence-electron chi connectivity index (χ1n) is 10.4. The Balaban J connectivity index is 1.83. The molecule has 3 aromatic rings. The summed E-state index contributed by atoms with van der Waals surface area (Å²) in [5.41, 5.74) is 3.25. The fourth-order valence-corrected chi connectivity index (χ4v) is 3.65. The number of hydrogen-bond acceptors (Lipinski definition) is 2. The van der Waals surface area contributed by atoms with Gasteiger partial charge in [-0.2, -0.15) is 0 Å². The molecule has 1 N–H and O–H groups in total. The van der Waals surface area contributed by atoms with Gasteiger partial charge >= 0.3 is 0 Å². The van der Waals surface area contributed by atoms with Gasteiger partial charge in [-0.25, -0.2) is 0 Å². The quantitative estimate of drug-likeness (QED) is 0.556. The zero-order valence-electron chi connectivity index (χ0n) is 17.5. The van der Waals surface area contributed by atoms with Crippen molar-refractivity contribution >= 4 is 17.5 Å². The zero-order chi connectivity index (χ0) is 21.3. The molecular formula is C26H28N2O2. The molecule has 4 nitrogen and oxygen atoms in total. The molecule has 0 saturated carbocycles. The number of carbonyl (C=O) groups is 2. The number of rotatable bonds is 8. The third-order valence-electron chi connectivity index (χ3n) is 5.28. The van der Waals surface area contributed by atoms with Crippen LogP contribution in [-0.4, -0.2) is 29.8 Å². The highest BCUT2D eigenvalue weighted by Gasteiger charge is 2.21. The Kier molecular flexibility index (Phi) is 7.39. The van der Waals surface area contributed by atoms with Gasteiger partial charge < -0.3 is 10.2 Å². The van der Waals surface area contributed by atoms with Crippen molar-refractivity contribution in [2.75, 3.05) is 18.4 Å². The Labute approximate surface area is 178 Å². The van der Waals surface area contributed by atoms with Crippen molar-refractivity contribution in [3.05, 3.63) is 102 Å². The van der Waals surface area contributed by atoms with E-state index in [1.165, 1.54) is 0 Å². The second-order valence-corrected chi connectivity index (χ2v) is 7.15. The van der Waals surface area contributed by atoms with E-state index in [4.69, 9.17) is 0 Å². The van der Waals surface area contributed by atoms with E-state index in [2.05, 4.69) is 5.32 Å². The van der Waals surface area contributed by atoms with Crippen molar-refractivity contribution in [2.24, 2.45) is 0 Å². The average Bonchev–Trinajstić information content (AvgIpc) is 2.79. The van der Waals surface area contributed by atoms with Gasteiger partial charge in [0.1, 0.15) is 0 Å². The molecule has 0 radical (unpaired) electrons. The van der Waals surface area contributed by atoms with Crippen LogP contribution in [0.4, 0.5) is 5.69 Å². The van der Waals surface area contributed by atoms with Crippen LogP contribution in [0.5, 0.6) is 0 Å². The highest BCUT2D eigenvalue weighted by atomic mass is 16.2. The molecule has 3 rings (SSSR count). The topological polar surface area (TPSA) is 49.4 Å². The lowest BCUT2D eigenvalue weighted by molar-refractivity contribution is -0.116. The number of nitrogens with zero attached hydrogens (tertiary/aromatic N) is 1. The molecule has 0 aromatic heterocycles. The van der Waals surface area contributed by atoms with E-state index in [0.717, 1.165) is 11.1 Å². The molecule has 0 bridgehead atoms. The van der Waals surface area contributed by atoms with Gasteiger partial charge in [-0.1, -0.05) is 72.8 Å². The van der Waals surface area contributed by atoms with Crippen LogP contribution in [0.1, 0.15) is 47.7 Å². The van der Waals surface area contributed by atoms with Crippen LogP contribution in [0.15, 0.2) is 84.9 Å². The summed E-state index contributed by atoms with van der Waals surface area (Å²) in [5.74, 6) is -0.246. The molecule has 0 fully saturated rings. The molecule has 0 aliphatic heterocycles. The highest BCUT2D eigenvalue weighted by Crippen LogP contribution is 2.28. The molecule has 2 amide bonds. The summed E-state index contributed by atoms with van der Waals surface area (Å²) < 4.78 is 0. The first-order chi connectivity index (χ1) is 14.6. The van der Waals surface area contributed by atoms with Gasteiger partial charge in [0.05, 0.1) is 11.3 Å². The fourth-order valence-electron chi connectivity index (χ4n) is 3.65. The third-order valence-corrected chi connectivity index (χ3v) is 5.28. The first kappa shape index (κ1) is 21.3. The van der Waals surface area contributed by atoms with E-state index in [1.807, 2.05) is 86.6 Å². The lowest BCUT2D eigenvalue weighted by atomic mass is 9.88. The highest BCUT2D eigenvalue weighted by molar-refractivity contribution is 6.03. The van der Waals surface area contributed by atoms with E-state index in [-0.39, 0.29) is 17.7 Å². The smallest absolute Gasteiger partial charge is 0.255 e. The number of para-hydroxylation sites is 1. The molecule has 0 aliphatic carbocycles. The maximum absolute atomic E-state index is 13.0. The molecule has 0 aliphatic rings. The van der Waals surface area contributed by atoms with Crippen LogP contribution in [0.25, 0.3) is 0 Å². The van der Waals surface area contributed by atoms with Gasteiger partial charge in [-0.3, -0.25) is 9.59 Å². The van der Waals surface area contributed by atoms with Crippen LogP contribution in [-0.2, 0) is 4.79 Å². The Morgan fingerprint density at radius 3 is 1.80 bits per heavy atom. The standard InChI is InChI=1S/C26H28N2O2/c1-3-28(4-2)26(30)22-17-11-12-18-24(22)27-25(29)19-23(20-13-7-5-8-14-20)21-15-9-6-10-16-21/h5-18,23H,3-4,19H2,1-2H3,(H,27,29). The van der Waals surface area contributed by atoms with Gasteiger partial charge in [0.15, 0.2) is 0 Å². The van der Waals surface area contributed by atoms with Crippen LogP contribution >= 0.6 is 0 Å². The Hall–Kier alpha value is -3.40. The van der Waals surface area contributed by atoms with Gasteiger partial charge in [0.2, 0.25) is 5.91 Å².